The third kappa shape index (κ3) is 4.74. The first-order valence-electron chi connectivity index (χ1n) is 9.35. The van der Waals surface area contributed by atoms with Gasteiger partial charge in [0.05, 0.1) is 11.8 Å². The molecule has 3 aromatic rings. The second-order valence-electron chi connectivity index (χ2n) is 6.66. The van der Waals surface area contributed by atoms with Gasteiger partial charge in [-0.15, -0.1) is 15.3 Å². The van der Waals surface area contributed by atoms with Crippen LogP contribution in [0.4, 0.5) is 0 Å². The summed E-state index contributed by atoms with van der Waals surface area (Å²) in [5.41, 5.74) is 1.05. The van der Waals surface area contributed by atoms with Crippen molar-refractivity contribution >= 4 is 29.0 Å². The minimum absolute atomic E-state index is 0.204. The molecule has 1 fully saturated rings. The van der Waals surface area contributed by atoms with E-state index >= 15 is 0 Å². The fraction of sp³-hybridized carbons (Fsp3) is 0.444. The van der Waals surface area contributed by atoms with E-state index in [1.165, 1.54) is 42.4 Å². The molecule has 0 atom stereocenters. The van der Waals surface area contributed by atoms with E-state index in [4.69, 9.17) is 0 Å². The van der Waals surface area contributed by atoms with Crippen LogP contribution in [0.3, 0.4) is 0 Å². The first-order valence-corrected chi connectivity index (χ1v) is 11.1. The lowest BCUT2D eigenvalue weighted by Gasteiger charge is -2.21. The zero-order chi connectivity index (χ0) is 19.2. The number of tetrazole rings is 1. The summed E-state index contributed by atoms with van der Waals surface area (Å²) in [6, 6.07) is 10.2. The third-order valence-corrected chi connectivity index (χ3v) is 6.71. The highest BCUT2D eigenvalue weighted by Gasteiger charge is 2.21. The van der Waals surface area contributed by atoms with Crippen molar-refractivity contribution in [2.45, 2.75) is 55.6 Å². The molecule has 0 saturated heterocycles. The van der Waals surface area contributed by atoms with Crippen molar-refractivity contribution in [1.82, 2.24) is 35.7 Å². The van der Waals surface area contributed by atoms with Gasteiger partial charge in [-0.2, -0.15) is 0 Å². The SMILES string of the molecule is O=C(NCc1ccccc1)c1nnc(CSc2nnnn2C2CCCCC2)s1. The fourth-order valence-corrected chi connectivity index (χ4v) is 4.91. The molecular weight excluding hydrogens is 394 g/mol. The van der Waals surface area contributed by atoms with E-state index in [1.807, 2.05) is 35.0 Å². The van der Waals surface area contributed by atoms with Gasteiger partial charge in [0.2, 0.25) is 10.2 Å². The lowest BCUT2D eigenvalue weighted by atomic mass is 9.96. The van der Waals surface area contributed by atoms with E-state index in [-0.39, 0.29) is 5.91 Å². The topological polar surface area (TPSA) is 98.5 Å². The van der Waals surface area contributed by atoms with Crippen LogP contribution in [0.25, 0.3) is 0 Å². The predicted molar refractivity (Wildman–Crippen MR) is 107 cm³/mol. The Morgan fingerprint density at radius 3 is 2.79 bits per heavy atom. The highest BCUT2D eigenvalue weighted by molar-refractivity contribution is 7.98. The molecule has 0 aliphatic heterocycles. The van der Waals surface area contributed by atoms with Gasteiger partial charge in [0, 0.05) is 6.54 Å². The Morgan fingerprint density at radius 1 is 1.14 bits per heavy atom. The molecular formula is C18H21N7OS2. The normalized spacial score (nSPS) is 14.9. The van der Waals surface area contributed by atoms with Crippen molar-refractivity contribution in [2.24, 2.45) is 0 Å². The average molecular weight is 416 g/mol. The standard InChI is InChI=1S/C18H21N7OS2/c26-16(19-11-13-7-3-1-4-8-13)17-21-20-15(28-17)12-27-18-22-23-24-25(18)14-9-5-2-6-10-14/h1,3-4,7-8,14H,2,5-6,9-12H2,(H,19,26). The van der Waals surface area contributed by atoms with Crippen molar-refractivity contribution in [1.29, 1.82) is 0 Å². The molecule has 1 amide bonds. The summed E-state index contributed by atoms with van der Waals surface area (Å²) in [5, 5.41) is 25.2. The number of thioether (sulfide) groups is 1. The van der Waals surface area contributed by atoms with Crippen molar-refractivity contribution in [3.05, 3.63) is 45.9 Å². The highest BCUT2D eigenvalue weighted by atomic mass is 32.2. The number of nitrogens with one attached hydrogen (secondary N) is 1. The molecule has 1 saturated carbocycles. The second kappa shape index (κ2) is 9.24. The van der Waals surface area contributed by atoms with Gasteiger partial charge in [0.1, 0.15) is 5.01 Å². The molecule has 1 aliphatic rings. The number of carbonyl (C=O) groups excluding carboxylic acids is 1. The molecule has 0 bridgehead atoms. The monoisotopic (exact) mass is 415 g/mol. The lowest BCUT2D eigenvalue weighted by molar-refractivity contribution is 0.0950. The number of rotatable bonds is 7. The number of nitrogens with zero attached hydrogens (tertiary/aromatic N) is 6. The van der Waals surface area contributed by atoms with Gasteiger partial charge in [-0.1, -0.05) is 72.7 Å². The zero-order valence-electron chi connectivity index (χ0n) is 15.3. The fourth-order valence-electron chi connectivity index (χ4n) is 3.22. The number of hydrogen-bond acceptors (Lipinski definition) is 8. The van der Waals surface area contributed by atoms with E-state index in [1.54, 1.807) is 0 Å². The average Bonchev–Trinajstić information content (AvgIpc) is 3.41. The Labute approximate surface area is 171 Å². The molecule has 1 N–H and O–H groups in total. The maximum Gasteiger partial charge on any atom is 0.282 e. The van der Waals surface area contributed by atoms with Crippen molar-refractivity contribution < 1.29 is 4.79 Å². The Hall–Kier alpha value is -2.33. The molecule has 28 heavy (non-hydrogen) atoms. The van der Waals surface area contributed by atoms with E-state index in [0.29, 0.717) is 23.3 Å². The van der Waals surface area contributed by atoms with Crippen LogP contribution < -0.4 is 5.32 Å². The van der Waals surface area contributed by atoms with Gasteiger partial charge in [-0.3, -0.25) is 4.79 Å². The van der Waals surface area contributed by atoms with Gasteiger partial charge in [-0.25, -0.2) is 4.68 Å². The first-order chi connectivity index (χ1) is 13.8. The largest absolute Gasteiger partial charge is 0.346 e. The quantitative estimate of drug-likeness (QED) is 0.591. The number of benzene rings is 1. The maximum absolute atomic E-state index is 12.3. The molecule has 8 nitrogen and oxygen atoms in total. The minimum Gasteiger partial charge on any atom is -0.346 e. The number of hydrogen-bond donors (Lipinski definition) is 1. The van der Waals surface area contributed by atoms with Crippen LogP contribution in [0.1, 0.15) is 58.5 Å². The van der Waals surface area contributed by atoms with E-state index in [0.717, 1.165) is 28.6 Å². The summed E-state index contributed by atoms with van der Waals surface area (Å²) < 4.78 is 1.94. The molecule has 146 valence electrons. The molecule has 1 aromatic carbocycles. The summed E-state index contributed by atoms with van der Waals surface area (Å²) in [6.07, 6.45) is 6.01. The van der Waals surface area contributed by atoms with Crippen LogP contribution in [0.15, 0.2) is 35.5 Å². The Kier molecular flexibility index (Phi) is 6.27. The van der Waals surface area contributed by atoms with Crippen LogP contribution in [-0.2, 0) is 12.3 Å². The lowest BCUT2D eigenvalue weighted by Crippen LogP contribution is -2.22. The molecule has 2 aromatic heterocycles. The van der Waals surface area contributed by atoms with Crippen molar-refractivity contribution in [2.75, 3.05) is 0 Å². The smallest absolute Gasteiger partial charge is 0.282 e. The van der Waals surface area contributed by atoms with Crippen LogP contribution in [0, 0.1) is 0 Å². The Balaban J connectivity index is 1.31. The molecule has 0 spiro atoms. The van der Waals surface area contributed by atoms with E-state index in [2.05, 4.69) is 31.0 Å². The number of aromatic nitrogens is 6. The summed E-state index contributed by atoms with van der Waals surface area (Å²) in [4.78, 5) is 12.3. The van der Waals surface area contributed by atoms with Gasteiger partial charge < -0.3 is 5.32 Å². The van der Waals surface area contributed by atoms with Crippen LogP contribution in [-0.4, -0.2) is 36.3 Å². The van der Waals surface area contributed by atoms with Gasteiger partial charge in [0.25, 0.3) is 5.91 Å². The Morgan fingerprint density at radius 2 is 1.96 bits per heavy atom. The third-order valence-electron chi connectivity index (χ3n) is 4.66. The summed E-state index contributed by atoms with van der Waals surface area (Å²) in [5.74, 6) is 0.390. The van der Waals surface area contributed by atoms with Gasteiger partial charge >= 0.3 is 0 Å². The molecule has 1 aliphatic carbocycles. The zero-order valence-corrected chi connectivity index (χ0v) is 17.0. The summed E-state index contributed by atoms with van der Waals surface area (Å²) in [7, 11) is 0. The van der Waals surface area contributed by atoms with E-state index in [9.17, 15) is 4.79 Å². The van der Waals surface area contributed by atoms with Crippen molar-refractivity contribution in [3.63, 3.8) is 0 Å². The van der Waals surface area contributed by atoms with Crippen LogP contribution in [0.2, 0.25) is 0 Å². The number of carbonyl (C=O) groups is 1. The minimum atomic E-state index is -0.204. The number of amides is 1. The summed E-state index contributed by atoms with van der Waals surface area (Å²) in [6.45, 7) is 0.472. The molecule has 2 heterocycles. The maximum atomic E-state index is 12.3. The van der Waals surface area contributed by atoms with Crippen LogP contribution in [0.5, 0.6) is 0 Å². The van der Waals surface area contributed by atoms with Crippen LogP contribution >= 0.6 is 23.1 Å². The van der Waals surface area contributed by atoms with Crippen molar-refractivity contribution in [3.8, 4) is 0 Å². The highest BCUT2D eigenvalue weighted by Crippen LogP contribution is 2.31. The van der Waals surface area contributed by atoms with Gasteiger partial charge in [-0.05, 0) is 28.8 Å². The Bertz CT molecular complexity index is 906. The van der Waals surface area contributed by atoms with Gasteiger partial charge in [0.15, 0.2) is 0 Å². The molecule has 10 heteroatoms. The first kappa shape index (κ1) is 19.0. The van der Waals surface area contributed by atoms with E-state index < -0.39 is 0 Å². The summed E-state index contributed by atoms with van der Waals surface area (Å²) >= 11 is 2.85. The predicted octanol–water partition coefficient (Wildman–Crippen LogP) is 3.25. The second-order valence-corrected chi connectivity index (χ2v) is 8.66. The molecule has 4 rings (SSSR count). The molecule has 0 radical (unpaired) electrons. The molecule has 0 unspecified atom stereocenters.